The fourth-order valence-corrected chi connectivity index (χ4v) is 3.24. The van der Waals surface area contributed by atoms with Crippen molar-refractivity contribution in [2.45, 2.75) is 32.6 Å². The number of aromatic amines is 1. The molecule has 0 fully saturated rings. The number of aryl methyl sites for hydroxylation is 2. The average molecular weight is 525 g/mol. The monoisotopic (exact) mass is 524 g/mol. The highest BCUT2D eigenvalue weighted by atomic mass is 32.1. The maximum atomic E-state index is 14.3. The van der Waals surface area contributed by atoms with E-state index in [1.165, 1.54) is 17.9 Å². The number of halogens is 1. The molecule has 1 aromatic heterocycles. The minimum absolute atomic E-state index is 0.154. The lowest BCUT2D eigenvalue weighted by Gasteiger charge is -2.14. The van der Waals surface area contributed by atoms with E-state index >= 15 is 0 Å². The van der Waals surface area contributed by atoms with Crippen LogP contribution >= 0.6 is 12.6 Å². The molecular weight excluding hydrogens is 491 g/mol. The van der Waals surface area contributed by atoms with Gasteiger partial charge in [-0.05, 0) is 55.8 Å². The smallest absolute Gasteiger partial charge is 0.276 e. The van der Waals surface area contributed by atoms with E-state index in [-0.39, 0.29) is 24.5 Å². The predicted molar refractivity (Wildman–Crippen MR) is 150 cm³/mol. The van der Waals surface area contributed by atoms with E-state index in [0.29, 0.717) is 16.6 Å². The van der Waals surface area contributed by atoms with Crippen molar-refractivity contribution in [1.82, 2.24) is 15.7 Å². The third kappa shape index (κ3) is 8.96. The average Bonchev–Trinajstić information content (AvgIpc) is 3.38. The fourth-order valence-electron chi connectivity index (χ4n) is 3.09. The van der Waals surface area contributed by atoms with Gasteiger partial charge in [-0.15, -0.1) is 12.6 Å². The van der Waals surface area contributed by atoms with Crippen molar-refractivity contribution >= 4 is 40.8 Å². The molecule has 4 aromatic rings. The molecule has 0 atom stereocenters. The third-order valence-electron chi connectivity index (χ3n) is 4.87. The molecule has 0 radical (unpaired) electrons. The first kappa shape index (κ1) is 29.4. The number of nitrogens with one attached hydrogen (secondary N) is 3. The van der Waals surface area contributed by atoms with Gasteiger partial charge in [0, 0.05) is 10.3 Å². The summed E-state index contributed by atoms with van der Waals surface area (Å²) in [7, 11) is 0. The van der Waals surface area contributed by atoms with E-state index in [4.69, 9.17) is 9.57 Å². The van der Waals surface area contributed by atoms with Crippen LogP contribution in [0.4, 0.5) is 15.8 Å². The molecular formula is C28H33FN4O3S. The molecule has 4 rings (SSSR count). The minimum Gasteiger partial charge on any atom is -0.499 e. The Balaban J connectivity index is 0.000000406. The van der Waals surface area contributed by atoms with Gasteiger partial charge in [0.15, 0.2) is 0 Å². The van der Waals surface area contributed by atoms with Gasteiger partial charge in [-0.3, -0.25) is 14.7 Å². The Morgan fingerprint density at radius 1 is 1.08 bits per heavy atom. The van der Waals surface area contributed by atoms with E-state index in [1.807, 2.05) is 38.1 Å². The number of H-pyrrole nitrogens is 1. The molecule has 0 saturated heterocycles. The molecule has 3 aromatic carbocycles. The fraction of sp³-hybridized carbons (Fsp3) is 0.214. The van der Waals surface area contributed by atoms with E-state index in [9.17, 15) is 9.18 Å². The van der Waals surface area contributed by atoms with Crippen molar-refractivity contribution < 1.29 is 18.8 Å². The summed E-state index contributed by atoms with van der Waals surface area (Å²) >= 11 is 4.13. The zero-order valence-corrected chi connectivity index (χ0v) is 22.4. The number of nitrogens with zero attached hydrogens (tertiary/aromatic N) is 1. The molecule has 0 aliphatic heterocycles. The molecule has 196 valence electrons. The van der Waals surface area contributed by atoms with Crippen LogP contribution in [0.3, 0.4) is 0 Å². The number of hydrogen-bond acceptors (Lipinski definition) is 6. The Bertz CT molecular complexity index is 1270. The van der Waals surface area contributed by atoms with Crippen LogP contribution < -0.4 is 10.8 Å². The number of rotatable bonds is 8. The van der Waals surface area contributed by atoms with Crippen molar-refractivity contribution in [3.8, 4) is 0 Å². The lowest BCUT2D eigenvalue weighted by molar-refractivity contribution is 0.0145. The molecule has 0 aliphatic rings. The molecule has 0 unspecified atom stereocenters. The number of hydrogen-bond donors (Lipinski definition) is 4. The van der Waals surface area contributed by atoms with Crippen LogP contribution in [0.25, 0.3) is 10.9 Å². The molecule has 1 heterocycles. The normalized spacial score (nSPS) is 9.89. The Morgan fingerprint density at radius 3 is 2.43 bits per heavy atom. The number of aromatic nitrogens is 2. The van der Waals surface area contributed by atoms with Crippen molar-refractivity contribution in [3.63, 3.8) is 0 Å². The molecule has 0 bridgehead atoms. The summed E-state index contributed by atoms with van der Waals surface area (Å²) in [6.45, 7) is 11.7. The summed E-state index contributed by atoms with van der Waals surface area (Å²) in [4.78, 5) is 18.6. The number of thiol groups is 1. The van der Waals surface area contributed by atoms with Gasteiger partial charge in [0.25, 0.3) is 5.91 Å². The van der Waals surface area contributed by atoms with E-state index in [0.717, 1.165) is 10.5 Å². The number of fused-ring (bicyclic) bond motifs is 1. The number of carbonyl (C=O) groups is 1. The van der Waals surface area contributed by atoms with E-state index in [2.05, 4.69) is 47.1 Å². The molecule has 0 saturated carbocycles. The highest BCUT2D eigenvalue weighted by Crippen LogP contribution is 2.30. The van der Waals surface area contributed by atoms with Crippen molar-refractivity contribution in [2.24, 2.45) is 0 Å². The van der Waals surface area contributed by atoms with Crippen LogP contribution in [0.15, 0.2) is 78.5 Å². The lowest BCUT2D eigenvalue weighted by atomic mass is 10.1. The number of amides is 1. The van der Waals surface area contributed by atoms with Gasteiger partial charge in [-0.25, -0.2) is 9.87 Å². The molecule has 3 N–H and O–H groups in total. The summed E-state index contributed by atoms with van der Waals surface area (Å²) in [6, 6.07) is 16.2. The van der Waals surface area contributed by atoms with Crippen LogP contribution in [0.1, 0.15) is 35.3 Å². The summed E-state index contributed by atoms with van der Waals surface area (Å²) in [5.74, 6) is -0.897. The second-order valence-corrected chi connectivity index (χ2v) is 8.10. The second-order valence-electron chi connectivity index (χ2n) is 7.58. The topological polar surface area (TPSA) is 88.3 Å². The van der Waals surface area contributed by atoms with Crippen LogP contribution in [-0.2, 0) is 9.57 Å². The Kier molecular flexibility index (Phi) is 12.2. The number of carbonyl (C=O) groups excluding carboxylic acids is 1. The Labute approximate surface area is 222 Å². The Hall–Kier alpha value is -3.82. The van der Waals surface area contributed by atoms with Crippen LogP contribution in [0, 0.1) is 19.7 Å². The molecule has 37 heavy (non-hydrogen) atoms. The molecule has 9 heteroatoms. The van der Waals surface area contributed by atoms with Crippen molar-refractivity contribution in [3.05, 3.63) is 96.1 Å². The zero-order valence-electron chi connectivity index (χ0n) is 21.5. The second kappa shape index (κ2) is 15.3. The maximum Gasteiger partial charge on any atom is 0.276 e. The SMILES string of the molecule is C=COCCONC(=O)c1ccc2[nH]ncc2c1Nc1ccc(C)cc1F.CC.Cc1ccc(S)cc1. The molecule has 1 amide bonds. The lowest BCUT2D eigenvalue weighted by Crippen LogP contribution is -2.26. The third-order valence-corrected chi connectivity index (χ3v) is 5.17. The van der Waals surface area contributed by atoms with Gasteiger partial charge < -0.3 is 10.1 Å². The summed E-state index contributed by atoms with van der Waals surface area (Å²) in [5.41, 5.74) is 6.10. The summed E-state index contributed by atoms with van der Waals surface area (Å²) in [6.07, 6.45) is 2.86. The predicted octanol–water partition coefficient (Wildman–Crippen LogP) is 6.89. The van der Waals surface area contributed by atoms with E-state index < -0.39 is 11.7 Å². The van der Waals surface area contributed by atoms with E-state index in [1.54, 1.807) is 37.4 Å². The summed E-state index contributed by atoms with van der Waals surface area (Å²) < 4.78 is 19.2. The first-order valence-corrected chi connectivity index (χ1v) is 12.2. The van der Waals surface area contributed by atoms with Crippen LogP contribution in [0.5, 0.6) is 0 Å². The number of ether oxygens (including phenoxy) is 1. The number of benzene rings is 3. The van der Waals surface area contributed by atoms with Crippen LogP contribution in [-0.4, -0.2) is 29.3 Å². The number of hydroxylamine groups is 1. The highest BCUT2D eigenvalue weighted by Gasteiger charge is 2.17. The largest absolute Gasteiger partial charge is 0.499 e. The van der Waals surface area contributed by atoms with Gasteiger partial charge in [0.05, 0.1) is 34.9 Å². The van der Waals surface area contributed by atoms with Gasteiger partial charge in [-0.1, -0.05) is 44.2 Å². The maximum absolute atomic E-state index is 14.3. The number of anilines is 2. The summed E-state index contributed by atoms with van der Waals surface area (Å²) in [5, 5.41) is 10.5. The quantitative estimate of drug-likeness (QED) is 0.0873. The Morgan fingerprint density at radius 2 is 1.78 bits per heavy atom. The van der Waals surface area contributed by atoms with Crippen molar-refractivity contribution in [1.29, 1.82) is 0 Å². The van der Waals surface area contributed by atoms with Crippen LogP contribution in [0.2, 0.25) is 0 Å². The molecule has 7 nitrogen and oxygen atoms in total. The standard InChI is InChI=1S/C19H19FN4O3.C7H8S.C2H6/c1-3-26-8-9-27-24-19(25)13-5-7-16-14(11-21-23-16)18(13)22-17-6-4-12(2)10-15(17)20;1-6-2-4-7(8)5-3-6;1-2/h3-7,10-11,22H,1,8-9H2,2H3,(H,21,23)(H,24,25);2-5,8H,1H3;1-2H3. The minimum atomic E-state index is -0.480. The molecule has 0 spiro atoms. The van der Waals surface area contributed by atoms with Gasteiger partial charge >= 0.3 is 0 Å². The van der Waals surface area contributed by atoms with Gasteiger partial charge in [0.2, 0.25) is 0 Å². The van der Waals surface area contributed by atoms with Gasteiger partial charge in [0.1, 0.15) is 19.0 Å². The first-order valence-electron chi connectivity index (χ1n) is 11.8. The first-order chi connectivity index (χ1) is 17.9. The van der Waals surface area contributed by atoms with Crippen molar-refractivity contribution in [2.75, 3.05) is 18.5 Å². The zero-order chi connectivity index (χ0) is 27.2. The molecule has 0 aliphatic carbocycles. The van der Waals surface area contributed by atoms with Gasteiger partial charge in [-0.2, -0.15) is 5.10 Å². The highest BCUT2D eigenvalue weighted by molar-refractivity contribution is 7.80.